The highest BCUT2D eigenvalue weighted by Gasteiger charge is 2.04. The van der Waals surface area contributed by atoms with E-state index in [1.807, 2.05) is 13.8 Å². The van der Waals surface area contributed by atoms with Gasteiger partial charge in [0.2, 0.25) is 0 Å². The molecule has 2 nitrogen and oxygen atoms in total. The van der Waals surface area contributed by atoms with E-state index in [0.29, 0.717) is 0 Å². The lowest BCUT2D eigenvalue weighted by molar-refractivity contribution is 0.431. The van der Waals surface area contributed by atoms with Gasteiger partial charge in [-0.3, -0.25) is 0 Å². The molecule has 0 amide bonds. The summed E-state index contributed by atoms with van der Waals surface area (Å²) >= 11 is 3.42. The van der Waals surface area contributed by atoms with Crippen molar-refractivity contribution >= 4 is 23.5 Å². The molecule has 0 unspecified atom stereocenters. The fourth-order valence-electron chi connectivity index (χ4n) is 0.614. The molecule has 0 aliphatic heterocycles. The van der Waals surface area contributed by atoms with Crippen LogP contribution in [0.1, 0.15) is 11.5 Å². The fourth-order valence-corrected chi connectivity index (χ4v) is 1.87. The molecule has 62 valence electrons. The number of rotatable bonds is 3. The summed E-state index contributed by atoms with van der Waals surface area (Å²) in [6.45, 7) is 3.90. The largest absolute Gasteiger partial charge is 0.437 e. The highest BCUT2D eigenvalue weighted by molar-refractivity contribution is 8.15. The molecular weight excluding hydrogens is 178 g/mol. The van der Waals surface area contributed by atoms with Crippen LogP contribution in [-0.4, -0.2) is 16.3 Å². The molecule has 1 aromatic rings. The topological polar surface area (TPSA) is 26.0 Å². The van der Waals surface area contributed by atoms with Crippen LogP contribution in [0.3, 0.4) is 0 Å². The molecular formula is C7H11NOS2. The minimum absolute atomic E-state index is 0.786. The van der Waals surface area contributed by atoms with Gasteiger partial charge in [0.1, 0.15) is 5.76 Å². The van der Waals surface area contributed by atoms with Crippen LogP contribution in [0.4, 0.5) is 0 Å². The van der Waals surface area contributed by atoms with E-state index in [4.69, 9.17) is 4.42 Å². The van der Waals surface area contributed by atoms with Crippen molar-refractivity contribution in [1.29, 1.82) is 0 Å². The highest BCUT2D eigenvalue weighted by atomic mass is 32.2. The maximum atomic E-state index is 5.35. The monoisotopic (exact) mass is 189 g/mol. The zero-order chi connectivity index (χ0) is 8.27. The van der Waals surface area contributed by atoms with Gasteiger partial charge in [0, 0.05) is 5.08 Å². The van der Waals surface area contributed by atoms with Crippen molar-refractivity contribution in [3.05, 3.63) is 11.5 Å². The summed E-state index contributed by atoms with van der Waals surface area (Å²) in [5, 5.41) is 1.79. The van der Waals surface area contributed by atoms with E-state index >= 15 is 0 Å². The van der Waals surface area contributed by atoms with E-state index in [0.717, 1.165) is 21.8 Å². The molecule has 0 aliphatic carbocycles. The number of hydrogen-bond acceptors (Lipinski definition) is 4. The first kappa shape index (κ1) is 9.00. The Morgan fingerprint density at radius 3 is 2.64 bits per heavy atom. The number of hydrogen-bond donors (Lipinski definition) is 0. The minimum atomic E-state index is 0.786. The van der Waals surface area contributed by atoms with Crippen LogP contribution in [0.15, 0.2) is 9.64 Å². The van der Waals surface area contributed by atoms with E-state index in [1.54, 1.807) is 23.5 Å². The molecule has 11 heavy (non-hydrogen) atoms. The number of oxazole rings is 1. The summed E-state index contributed by atoms with van der Waals surface area (Å²) < 4.78 is 5.35. The second-order valence-electron chi connectivity index (χ2n) is 2.17. The Balaban J connectivity index is 2.58. The van der Waals surface area contributed by atoms with E-state index < -0.39 is 0 Å². The van der Waals surface area contributed by atoms with Gasteiger partial charge in [-0.15, -0.1) is 0 Å². The van der Waals surface area contributed by atoms with Crippen LogP contribution >= 0.6 is 23.5 Å². The number of nitrogens with zero attached hydrogens (tertiary/aromatic N) is 1. The van der Waals surface area contributed by atoms with Crippen molar-refractivity contribution in [2.24, 2.45) is 0 Å². The van der Waals surface area contributed by atoms with Gasteiger partial charge < -0.3 is 4.42 Å². The Bertz CT molecular complexity index is 215. The first-order valence-corrected chi connectivity index (χ1v) is 5.67. The lowest BCUT2D eigenvalue weighted by atomic mass is 10.4. The molecule has 0 fully saturated rings. The van der Waals surface area contributed by atoms with E-state index in [2.05, 4.69) is 11.2 Å². The first-order valence-electron chi connectivity index (χ1n) is 3.30. The molecule has 1 heterocycles. The van der Waals surface area contributed by atoms with E-state index in [9.17, 15) is 0 Å². The van der Waals surface area contributed by atoms with Crippen molar-refractivity contribution in [3.8, 4) is 0 Å². The molecule has 0 aromatic carbocycles. The molecule has 0 saturated heterocycles. The van der Waals surface area contributed by atoms with Gasteiger partial charge in [0.25, 0.3) is 5.22 Å². The van der Waals surface area contributed by atoms with E-state index in [-0.39, 0.29) is 0 Å². The van der Waals surface area contributed by atoms with Gasteiger partial charge in [0.15, 0.2) is 0 Å². The van der Waals surface area contributed by atoms with Crippen molar-refractivity contribution < 1.29 is 4.42 Å². The summed E-state index contributed by atoms with van der Waals surface area (Å²) in [4.78, 5) is 4.23. The van der Waals surface area contributed by atoms with Gasteiger partial charge in [-0.05, 0) is 20.1 Å². The Morgan fingerprint density at radius 2 is 2.18 bits per heavy atom. The zero-order valence-corrected chi connectivity index (χ0v) is 8.51. The number of thioether (sulfide) groups is 2. The molecule has 0 saturated carbocycles. The molecule has 0 atom stereocenters. The van der Waals surface area contributed by atoms with E-state index in [1.165, 1.54) is 0 Å². The number of aryl methyl sites for hydroxylation is 2. The van der Waals surface area contributed by atoms with Gasteiger partial charge in [-0.2, -0.15) is 11.8 Å². The SMILES string of the molecule is CSCSc1nc(C)c(C)o1. The average molecular weight is 189 g/mol. The molecule has 0 bridgehead atoms. The molecule has 1 rings (SSSR count). The summed E-state index contributed by atoms with van der Waals surface area (Å²) in [7, 11) is 0. The third kappa shape index (κ3) is 2.45. The van der Waals surface area contributed by atoms with Gasteiger partial charge in [-0.1, -0.05) is 11.8 Å². The van der Waals surface area contributed by atoms with Gasteiger partial charge in [0.05, 0.1) is 5.69 Å². The van der Waals surface area contributed by atoms with Crippen molar-refractivity contribution in [2.75, 3.05) is 11.3 Å². The van der Waals surface area contributed by atoms with Crippen LogP contribution in [-0.2, 0) is 0 Å². The molecule has 0 N–H and O–H groups in total. The predicted molar refractivity (Wildman–Crippen MR) is 50.2 cm³/mol. The quantitative estimate of drug-likeness (QED) is 0.539. The second kappa shape index (κ2) is 4.07. The maximum absolute atomic E-state index is 5.35. The van der Waals surface area contributed by atoms with Crippen LogP contribution < -0.4 is 0 Å². The molecule has 0 radical (unpaired) electrons. The van der Waals surface area contributed by atoms with Crippen molar-refractivity contribution in [1.82, 2.24) is 4.98 Å². The van der Waals surface area contributed by atoms with Gasteiger partial charge in [-0.25, -0.2) is 4.98 Å². The standard InChI is InChI=1S/C7H11NOS2/c1-5-6(2)9-7(8-5)11-4-10-3/h4H2,1-3H3. The lowest BCUT2D eigenvalue weighted by Crippen LogP contribution is -1.73. The zero-order valence-electron chi connectivity index (χ0n) is 6.88. The minimum Gasteiger partial charge on any atom is -0.437 e. The summed E-state index contributed by atoms with van der Waals surface area (Å²) in [5.74, 6) is 0.925. The van der Waals surface area contributed by atoms with Crippen LogP contribution in [0.2, 0.25) is 0 Å². The van der Waals surface area contributed by atoms with Crippen LogP contribution in [0, 0.1) is 13.8 Å². The smallest absolute Gasteiger partial charge is 0.256 e. The Labute approximate surface area is 75.2 Å². The highest BCUT2D eigenvalue weighted by Crippen LogP contribution is 2.22. The normalized spacial score (nSPS) is 10.5. The first-order chi connectivity index (χ1) is 5.24. The van der Waals surface area contributed by atoms with Crippen molar-refractivity contribution in [3.63, 3.8) is 0 Å². The second-order valence-corrected chi connectivity index (χ2v) is 4.33. The summed E-state index contributed by atoms with van der Waals surface area (Å²) in [6.07, 6.45) is 2.07. The third-order valence-electron chi connectivity index (χ3n) is 1.31. The molecule has 1 aromatic heterocycles. The van der Waals surface area contributed by atoms with Gasteiger partial charge >= 0.3 is 0 Å². The molecule has 4 heteroatoms. The Morgan fingerprint density at radius 1 is 1.45 bits per heavy atom. The molecule has 0 aliphatic rings. The lowest BCUT2D eigenvalue weighted by Gasteiger charge is -1.89. The predicted octanol–water partition coefficient (Wildman–Crippen LogP) is 2.70. The summed E-state index contributed by atoms with van der Waals surface area (Å²) in [5.41, 5.74) is 0.994. The van der Waals surface area contributed by atoms with Crippen LogP contribution in [0.25, 0.3) is 0 Å². The fraction of sp³-hybridized carbons (Fsp3) is 0.571. The Hall–Kier alpha value is -0.0900. The van der Waals surface area contributed by atoms with Crippen molar-refractivity contribution in [2.45, 2.75) is 19.1 Å². The number of aromatic nitrogens is 1. The third-order valence-corrected chi connectivity index (χ3v) is 3.14. The van der Waals surface area contributed by atoms with Crippen LogP contribution in [0.5, 0.6) is 0 Å². The average Bonchev–Trinajstić information content (AvgIpc) is 2.28. The maximum Gasteiger partial charge on any atom is 0.256 e. The molecule has 0 spiro atoms. The summed E-state index contributed by atoms with van der Waals surface area (Å²) in [6, 6.07) is 0. The Kier molecular flexibility index (Phi) is 3.33.